The van der Waals surface area contributed by atoms with Gasteiger partial charge in [0.25, 0.3) is 0 Å². The van der Waals surface area contributed by atoms with Crippen molar-refractivity contribution in [1.82, 2.24) is 0 Å². The molecule has 4 fully saturated rings. The minimum absolute atomic E-state index is 0.0161. The second kappa shape index (κ2) is 13.8. The first kappa shape index (κ1) is 35.3. The molecule has 0 aromatic heterocycles. The van der Waals surface area contributed by atoms with Crippen LogP contribution < -0.4 is 4.74 Å². The van der Waals surface area contributed by atoms with Gasteiger partial charge in [0.1, 0.15) is 18.0 Å². The lowest BCUT2D eigenvalue weighted by Crippen LogP contribution is -2.47. The first-order valence-corrected chi connectivity index (χ1v) is 21.5. The normalized spacial score (nSPS) is 37.0. The van der Waals surface area contributed by atoms with Crippen molar-refractivity contribution in [3.05, 3.63) is 125 Å². The van der Waals surface area contributed by atoms with Crippen LogP contribution >= 0.6 is 0 Å². The van der Waals surface area contributed by atoms with Gasteiger partial charge in [0, 0.05) is 17.3 Å². The molecule has 0 N–H and O–H groups in total. The monoisotopic (exact) mass is 736 g/mol. The Morgan fingerprint density at radius 2 is 1.33 bits per heavy atom. The van der Waals surface area contributed by atoms with Gasteiger partial charge in [-0.2, -0.15) is 0 Å². The Balaban J connectivity index is 0.788. The summed E-state index contributed by atoms with van der Waals surface area (Å²) in [4.78, 5) is 25.8. The average molecular weight is 737 g/mol. The van der Waals surface area contributed by atoms with Crippen molar-refractivity contribution in [3.63, 3.8) is 0 Å². The van der Waals surface area contributed by atoms with Gasteiger partial charge in [0.15, 0.2) is 0 Å². The van der Waals surface area contributed by atoms with E-state index in [4.69, 9.17) is 14.2 Å². The third-order valence-electron chi connectivity index (χ3n) is 16.4. The molecule has 0 radical (unpaired) electrons. The number of aryl methyl sites for hydroxylation is 1. The van der Waals surface area contributed by atoms with Crippen molar-refractivity contribution in [1.29, 1.82) is 0 Å². The SMILES string of the molecule is C[C@]12CC[C@H]3[C@@H](CC=C4C=C(O[C@H]5CC[C@H]6[C@@H]7CCc8cc(OC(=O)c9ccccc9)ccc8[C@H]7CC[C@]56C)CC[C@@H]43)[C@@H]1CC[C@@H]2OC(=O)c1ccccc1. The molecular weight excluding hydrogens is 681 g/mol. The first-order valence-electron chi connectivity index (χ1n) is 21.5. The number of hydrogen-bond acceptors (Lipinski definition) is 5. The van der Waals surface area contributed by atoms with Crippen LogP contribution in [-0.4, -0.2) is 24.1 Å². The smallest absolute Gasteiger partial charge is 0.343 e. The van der Waals surface area contributed by atoms with Crippen molar-refractivity contribution in [2.75, 3.05) is 0 Å². The topological polar surface area (TPSA) is 61.8 Å². The molecule has 55 heavy (non-hydrogen) atoms. The molecule has 5 nitrogen and oxygen atoms in total. The Morgan fingerprint density at radius 3 is 2.11 bits per heavy atom. The van der Waals surface area contributed by atoms with Gasteiger partial charge in [-0.3, -0.25) is 0 Å². The molecule has 3 aromatic carbocycles. The summed E-state index contributed by atoms with van der Waals surface area (Å²) in [7, 11) is 0. The molecule has 0 amide bonds. The van der Waals surface area contributed by atoms with E-state index < -0.39 is 0 Å². The molecule has 7 aliphatic rings. The van der Waals surface area contributed by atoms with Crippen LogP contribution in [0.5, 0.6) is 5.75 Å². The zero-order chi connectivity index (χ0) is 37.3. The van der Waals surface area contributed by atoms with Crippen LogP contribution in [0.2, 0.25) is 0 Å². The number of allylic oxidation sites excluding steroid dienone is 4. The maximum atomic E-state index is 13.1. The standard InChI is InChI=1S/C50H56O5/c1-49-27-25-39-38-20-16-36(54-47(51)31-9-5-3-6-10-31)30-34(38)14-18-41(39)43(49)21-23-45(49)53-35-15-19-37-33(29-35)13-17-42-40(37)26-28-50(2)44(42)22-24-46(50)55-48(52)32-11-7-4-8-12-32/h3-13,16,20,29-30,37,39-46H,14-15,17-19,21-28H2,1-2H3/t37-,39+,40+,41+,42+,43-,44-,45-,46-,49-,50-/m0/s1. The molecule has 10 rings (SSSR count). The van der Waals surface area contributed by atoms with Crippen molar-refractivity contribution >= 4 is 11.9 Å². The highest BCUT2D eigenvalue weighted by Gasteiger charge is 2.58. The summed E-state index contributed by atoms with van der Waals surface area (Å²) in [6, 6.07) is 25.2. The van der Waals surface area contributed by atoms with Gasteiger partial charge in [-0.05, 0) is 178 Å². The van der Waals surface area contributed by atoms with Gasteiger partial charge in [-0.1, -0.05) is 62.4 Å². The molecule has 7 aliphatic carbocycles. The molecule has 0 bridgehead atoms. The van der Waals surface area contributed by atoms with Crippen LogP contribution in [0.15, 0.2) is 102 Å². The number of hydrogen-bond donors (Lipinski definition) is 0. The van der Waals surface area contributed by atoms with E-state index in [1.165, 1.54) is 67.4 Å². The molecule has 11 atom stereocenters. The third kappa shape index (κ3) is 6.01. The lowest BCUT2D eigenvalue weighted by Gasteiger charge is -2.53. The Morgan fingerprint density at radius 1 is 0.636 bits per heavy atom. The summed E-state index contributed by atoms with van der Waals surface area (Å²) in [5.74, 6) is 6.05. The van der Waals surface area contributed by atoms with Gasteiger partial charge >= 0.3 is 11.9 Å². The molecule has 286 valence electrons. The average Bonchev–Trinajstić information content (AvgIpc) is 3.73. The van der Waals surface area contributed by atoms with E-state index in [2.05, 4.69) is 38.1 Å². The molecule has 5 heteroatoms. The molecular formula is C50H56O5. The third-order valence-corrected chi connectivity index (χ3v) is 16.4. The van der Waals surface area contributed by atoms with Crippen LogP contribution in [0.25, 0.3) is 0 Å². The van der Waals surface area contributed by atoms with Crippen molar-refractivity contribution in [2.45, 2.75) is 115 Å². The predicted molar refractivity (Wildman–Crippen MR) is 214 cm³/mol. The highest BCUT2D eigenvalue weighted by molar-refractivity contribution is 5.91. The van der Waals surface area contributed by atoms with Crippen LogP contribution in [0, 0.1) is 46.3 Å². The fraction of sp³-hybridized carbons (Fsp3) is 0.520. The van der Waals surface area contributed by atoms with Gasteiger partial charge in [-0.25, -0.2) is 9.59 Å². The van der Waals surface area contributed by atoms with Crippen molar-refractivity contribution in [2.24, 2.45) is 46.3 Å². The van der Waals surface area contributed by atoms with Crippen LogP contribution in [-0.2, 0) is 15.9 Å². The van der Waals surface area contributed by atoms with Crippen LogP contribution in [0.1, 0.15) is 129 Å². The first-order chi connectivity index (χ1) is 26.8. The molecule has 3 aromatic rings. The zero-order valence-corrected chi connectivity index (χ0v) is 32.6. The molecule has 4 saturated carbocycles. The number of benzene rings is 3. The predicted octanol–water partition coefficient (Wildman–Crippen LogP) is 11.4. The second-order valence-corrected chi connectivity index (χ2v) is 18.8. The zero-order valence-electron chi connectivity index (χ0n) is 32.6. The van der Waals surface area contributed by atoms with Crippen molar-refractivity contribution < 1.29 is 23.8 Å². The fourth-order valence-electron chi connectivity index (χ4n) is 13.6. The van der Waals surface area contributed by atoms with E-state index >= 15 is 0 Å². The summed E-state index contributed by atoms with van der Waals surface area (Å²) in [5.41, 5.74) is 5.91. The van der Waals surface area contributed by atoms with Gasteiger partial charge < -0.3 is 14.2 Å². The lowest BCUT2D eigenvalue weighted by molar-refractivity contribution is -0.0602. The number of ether oxygens (including phenoxy) is 3. The lowest BCUT2D eigenvalue weighted by atomic mass is 9.53. The number of fused-ring (bicyclic) bond motifs is 10. The Labute approximate surface area is 326 Å². The Bertz CT molecular complexity index is 2020. The molecule has 0 unspecified atom stereocenters. The van der Waals surface area contributed by atoms with E-state index in [-0.39, 0.29) is 28.9 Å². The Kier molecular flexibility index (Phi) is 8.87. The molecule has 0 saturated heterocycles. The summed E-state index contributed by atoms with van der Waals surface area (Å²) < 4.78 is 19.2. The summed E-state index contributed by atoms with van der Waals surface area (Å²) in [6.45, 7) is 4.97. The number of carbonyl (C=O) groups excluding carboxylic acids is 2. The number of rotatable bonds is 6. The molecule has 0 aliphatic heterocycles. The number of esters is 2. The van der Waals surface area contributed by atoms with Crippen LogP contribution in [0.3, 0.4) is 0 Å². The maximum Gasteiger partial charge on any atom is 0.343 e. The van der Waals surface area contributed by atoms with Gasteiger partial charge in [-0.15, -0.1) is 0 Å². The van der Waals surface area contributed by atoms with E-state index in [1.807, 2.05) is 54.6 Å². The van der Waals surface area contributed by atoms with Crippen LogP contribution in [0.4, 0.5) is 0 Å². The van der Waals surface area contributed by atoms with E-state index in [9.17, 15) is 9.59 Å². The largest absolute Gasteiger partial charge is 0.494 e. The number of carbonyl (C=O) groups is 2. The fourth-order valence-corrected chi connectivity index (χ4v) is 13.6. The quantitative estimate of drug-likeness (QED) is 0.186. The highest BCUT2D eigenvalue weighted by Crippen LogP contribution is 2.64. The van der Waals surface area contributed by atoms with E-state index in [1.54, 1.807) is 12.1 Å². The van der Waals surface area contributed by atoms with Gasteiger partial charge in [0.2, 0.25) is 0 Å². The van der Waals surface area contributed by atoms with Gasteiger partial charge in [0.05, 0.1) is 16.9 Å². The summed E-state index contributed by atoms with van der Waals surface area (Å²) in [6.07, 6.45) is 20.4. The molecule has 0 spiro atoms. The Hall–Kier alpha value is -4.12. The minimum Gasteiger partial charge on any atom is -0.494 e. The van der Waals surface area contributed by atoms with E-state index in [0.717, 1.165) is 44.4 Å². The minimum atomic E-state index is -0.295. The maximum absolute atomic E-state index is 13.1. The molecule has 0 heterocycles. The van der Waals surface area contributed by atoms with E-state index in [0.29, 0.717) is 58.5 Å². The highest BCUT2D eigenvalue weighted by atomic mass is 16.5. The van der Waals surface area contributed by atoms with Crippen molar-refractivity contribution in [3.8, 4) is 5.75 Å². The summed E-state index contributed by atoms with van der Waals surface area (Å²) >= 11 is 0. The second-order valence-electron chi connectivity index (χ2n) is 18.8. The summed E-state index contributed by atoms with van der Waals surface area (Å²) in [5, 5.41) is 0.